The largest absolute Gasteiger partial charge is 0.507 e. The fraction of sp³-hybridized carbons (Fsp3) is 0.480. The Morgan fingerprint density at radius 3 is 2.77 bits per heavy atom. The molecule has 4 atom stereocenters. The van der Waals surface area contributed by atoms with E-state index in [1.54, 1.807) is 18.3 Å². The average molecular weight is 492 g/mol. The minimum atomic E-state index is -1.01. The van der Waals surface area contributed by atoms with Gasteiger partial charge in [0.2, 0.25) is 5.95 Å². The van der Waals surface area contributed by atoms with Gasteiger partial charge < -0.3 is 15.3 Å². The van der Waals surface area contributed by atoms with Crippen LogP contribution in [0.15, 0.2) is 30.6 Å². The van der Waals surface area contributed by atoms with Crippen molar-refractivity contribution >= 4 is 17.3 Å². The fourth-order valence-corrected chi connectivity index (χ4v) is 6.31. The lowest BCUT2D eigenvalue weighted by Gasteiger charge is -2.52. The highest BCUT2D eigenvalue weighted by molar-refractivity contribution is 7.15. The number of nitriles is 1. The van der Waals surface area contributed by atoms with Gasteiger partial charge in [-0.05, 0) is 57.6 Å². The Labute approximate surface area is 206 Å². The summed E-state index contributed by atoms with van der Waals surface area (Å²) < 4.78 is 15.8. The molecule has 3 aromatic rings. The van der Waals surface area contributed by atoms with Crippen LogP contribution in [0.3, 0.4) is 0 Å². The predicted octanol–water partition coefficient (Wildman–Crippen LogP) is 4.22. The summed E-state index contributed by atoms with van der Waals surface area (Å²) in [5.74, 6) is 0.484. The van der Waals surface area contributed by atoms with Gasteiger partial charge in [0.25, 0.3) is 0 Å². The fourth-order valence-electron chi connectivity index (χ4n) is 5.60. The SMILES string of the molecule is C[C@@]12CCC[C@@H](C[C@H](N(c3ncc(-c4ccc(-c5ncc(C#N)s5)cc4O)nn3)C3CC3)[C@@H]1F)N2. The van der Waals surface area contributed by atoms with Gasteiger partial charge in [0.1, 0.15) is 33.6 Å². The number of rotatable bonds is 5. The number of phenolic OH excluding ortho intramolecular Hbond substituents is 1. The van der Waals surface area contributed by atoms with Gasteiger partial charge in [-0.3, -0.25) is 0 Å². The average Bonchev–Trinajstić information content (AvgIpc) is 3.57. The molecule has 10 heteroatoms. The predicted molar refractivity (Wildman–Crippen MR) is 131 cm³/mol. The van der Waals surface area contributed by atoms with Gasteiger partial charge in [0.05, 0.1) is 18.4 Å². The zero-order valence-electron chi connectivity index (χ0n) is 19.4. The van der Waals surface area contributed by atoms with Crippen molar-refractivity contribution in [2.75, 3.05) is 4.90 Å². The van der Waals surface area contributed by atoms with E-state index in [2.05, 4.69) is 36.5 Å². The lowest BCUT2D eigenvalue weighted by atomic mass is 9.73. The minimum Gasteiger partial charge on any atom is -0.507 e. The van der Waals surface area contributed by atoms with Crippen LogP contribution in [0.5, 0.6) is 5.75 Å². The van der Waals surface area contributed by atoms with Crippen molar-refractivity contribution in [2.24, 2.45) is 0 Å². The highest BCUT2D eigenvalue weighted by atomic mass is 32.1. The second-order valence-corrected chi connectivity index (χ2v) is 11.0. The van der Waals surface area contributed by atoms with Crippen LogP contribution < -0.4 is 10.2 Å². The first-order valence-electron chi connectivity index (χ1n) is 12.0. The van der Waals surface area contributed by atoms with Crippen molar-refractivity contribution < 1.29 is 9.50 Å². The molecular formula is C25H26FN7OS. The minimum absolute atomic E-state index is 0.0297. The molecule has 2 aromatic heterocycles. The van der Waals surface area contributed by atoms with E-state index in [1.165, 1.54) is 17.5 Å². The number of aromatic nitrogens is 4. The molecule has 1 aliphatic carbocycles. The third kappa shape index (κ3) is 4.02. The van der Waals surface area contributed by atoms with Crippen LogP contribution in [0.25, 0.3) is 21.8 Å². The maximum Gasteiger partial charge on any atom is 0.245 e. The van der Waals surface area contributed by atoms with Crippen LogP contribution in [0.4, 0.5) is 10.3 Å². The van der Waals surface area contributed by atoms with Crippen molar-refractivity contribution in [3.05, 3.63) is 35.5 Å². The summed E-state index contributed by atoms with van der Waals surface area (Å²) >= 11 is 1.27. The van der Waals surface area contributed by atoms with Crippen LogP contribution in [0.1, 0.15) is 50.3 Å². The molecule has 3 fully saturated rings. The number of halogens is 1. The zero-order chi connectivity index (χ0) is 24.2. The molecule has 3 aliphatic rings. The molecule has 2 aliphatic heterocycles. The number of alkyl halides is 1. The molecule has 4 heterocycles. The molecule has 2 bridgehead atoms. The van der Waals surface area contributed by atoms with Crippen LogP contribution in [0, 0.1) is 11.3 Å². The van der Waals surface area contributed by atoms with Gasteiger partial charge in [0, 0.05) is 28.7 Å². The Balaban J connectivity index is 1.26. The number of hydrogen-bond donors (Lipinski definition) is 2. The van der Waals surface area contributed by atoms with E-state index in [-0.39, 0.29) is 17.8 Å². The van der Waals surface area contributed by atoms with E-state index < -0.39 is 11.7 Å². The number of anilines is 1. The van der Waals surface area contributed by atoms with Gasteiger partial charge in [-0.15, -0.1) is 21.5 Å². The van der Waals surface area contributed by atoms with E-state index in [0.717, 1.165) is 38.5 Å². The molecule has 1 saturated carbocycles. The van der Waals surface area contributed by atoms with E-state index in [0.29, 0.717) is 38.7 Å². The summed E-state index contributed by atoms with van der Waals surface area (Å²) in [7, 11) is 0. The van der Waals surface area contributed by atoms with Gasteiger partial charge in [0.15, 0.2) is 0 Å². The molecular weight excluding hydrogens is 465 g/mol. The molecule has 8 nitrogen and oxygen atoms in total. The monoisotopic (exact) mass is 491 g/mol. The first kappa shape index (κ1) is 22.3. The molecule has 0 radical (unpaired) electrons. The highest BCUT2D eigenvalue weighted by Crippen LogP contribution is 2.42. The third-order valence-corrected chi connectivity index (χ3v) is 8.42. The number of benzene rings is 1. The first-order valence-corrected chi connectivity index (χ1v) is 12.9. The van der Waals surface area contributed by atoms with Gasteiger partial charge >= 0.3 is 0 Å². The van der Waals surface area contributed by atoms with Crippen molar-refractivity contribution in [2.45, 2.75) is 75.3 Å². The number of phenols is 1. The summed E-state index contributed by atoms with van der Waals surface area (Å²) in [5, 5.41) is 32.6. The van der Waals surface area contributed by atoms with Crippen LogP contribution >= 0.6 is 11.3 Å². The van der Waals surface area contributed by atoms with Crippen molar-refractivity contribution in [3.8, 4) is 33.6 Å². The molecule has 180 valence electrons. The van der Waals surface area contributed by atoms with Gasteiger partial charge in [-0.1, -0.05) is 6.07 Å². The number of nitrogens with one attached hydrogen (secondary N) is 1. The smallest absolute Gasteiger partial charge is 0.245 e. The standard InChI is InChI=1S/C25H26FN7OS/c1-25-8-2-3-15(30-25)10-20(22(25)26)33(16-5-6-16)24-29-13-19(31-32-24)18-7-4-14(9-21(18)34)23-28-12-17(11-27)35-23/h4,7,9,12-13,15-16,20,22,30,34H,2-3,5-6,8,10H2,1H3/t15-,20-,22-,25+/m0/s1. The third-order valence-electron chi connectivity index (χ3n) is 7.47. The van der Waals surface area contributed by atoms with Crippen LogP contribution in [0.2, 0.25) is 0 Å². The Kier molecular flexibility index (Phi) is 5.42. The van der Waals surface area contributed by atoms with Crippen molar-refractivity contribution in [1.82, 2.24) is 25.5 Å². The summed E-state index contributed by atoms with van der Waals surface area (Å²) in [5.41, 5.74) is 1.15. The molecule has 0 spiro atoms. The van der Waals surface area contributed by atoms with Crippen molar-refractivity contribution in [3.63, 3.8) is 0 Å². The summed E-state index contributed by atoms with van der Waals surface area (Å²) in [6.07, 6.45) is 7.84. The van der Waals surface area contributed by atoms with Crippen LogP contribution in [-0.2, 0) is 0 Å². The van der Waals surface area contributed by atoms with Crippen molar-refractivity contribution in [1.29, 1.82) is 5.26 Å². The number of fused-ring (bicyclic) bond motifs is 2. The Bertz CT molecular complexity index is 1290. The Morgan fingerprint density at radius 2 is 2.09 bits per heavy atom. The van der Waals surface area contributed by atoms with E-state index in [1.807, 2.05) is 13.0 Å². The second-order valence-electron chi connectivity index (χ2n) is 10.0. The lowest BCUT2D eigenvalue weighted by molar-refractivity contribution is 0.0383. The van der Waals surface area contributed by atoms with Gasteiger partial charge in [-0.25, -0.2) is 14.4 Å². The summed E-state index contributed by atoms with van der Waals surface area (Å²) in [6, 6.07) is 7.54. The van der Waals surface area contributed by atoms with E-state index in [9.17, 15) is 5.11 Å². The molecule has 0 unspecified atom stereocenters. The molecule has 0 amide bonds. The Hall–Kier alpha value is -3.16. The van der Waals surface area contributed by atoms with E-state index >= 15 is 4.39 Å². The zero-order valence-corrected chi connectivity index (χ0v) is 20.2. The maximum absolute atomic E-state index is 15.8. The normalized spacial score (nSPS) is 27.9. The Morgan fingerprint density at radius 1 is 1.23 bits per heavy atom. The number of nitrogens with zero attached hydrogens (tertiary/aromatic N) is 6. The highest BCUT2D eigenvalue weighted by Gasteiger charge is 2.52. The number of piperidine rings is 2. The topological polar surface area (TPSA) is 111 Å². The summed E-state index contributed by atoms with van der Waals surface area (Å²) in [6.45, 7) is 2.00. The maximum atomic E-state index is 15.8. The molecule has 2 N–H and O–H groups in total. The first-order chi connectivity index (χ1) is 16.9. The molecule has 6 rings (SSSR count). The number of hydrogen-bond acceptors (Lipinski definition) is 9. The lowest BCUT2D eigenvalue weighted by Crippen LogP contribution is -2.69. The van der Waals surface area contributed by atoms with Gasteiger partial charge in [-0.2, -0.15) is 5.26 Å². The molecule has 35 heavy (non-hydrogen) atoms. The van der Waals surface area contributed by atoms with E-state index in [4.69, 9.17) is 5.26 Å². The number of thiazole rings is 1. The number of aromatic hydroxyl groups is 1. The molecule has 1 aromatic carbocycles. The second kappa shape index (κ2) is 8.50. The summed E-state index contributed by atoms with van der Waals surface area (Å²) in [4.78, 5) is 11.4. The van der Waals surface area contributed by atoms with Crippen LogP contribution in [-0.4, -0.2) is 55.1 Å². The molecule has 2 saturated heterocycles. The quantitative estimate of drug-likeness (QED) is 0.546.